The molecule has 0 aliphatic carbocycles. The first kappa shape index (κ1) is 13.1. The Morgan fingerprint density at radius 2 is 1.72 bits per heavy atom. The molecule has 0 radical (unpaired) electrons. The minimum atomic E-state index is -1.19. The van der Waals surface area contributed by atoms with Gasteiger partial charge in [0.15, 0.2) is 0 Å². The summed E-state index contributed by atoms with van der Waals surface area (Å²) in [6.07, 6.45) is 0.184. The average Bonchev–Trinajstić information content (AvgIpc) is 2.32. The standard InChI is InChI=1S/C15H14ClFO/c1-15(18,12-7-3-4-8-13(12)16)10-11-6-2-5-9-14(11)17/h2-9,18H,10H2,1H3. The van der Waals surface area contributed by atoms with Gasteiger partial charge in [-0.1, -0.05) is 48.0 Å². The smallest absolute Gasteiger partial charge is 0.126 e. The molecule has 3 heteroatoms. The molecule has 1 N–H and O–H groups in total. The van der Waals surface area contributed by atoms with Crippen molar-refractivity contribution < 1.29 is 9.50 Å². The molecule has 18 heavy (non-hydrogen) atoms. The Bertz CT molecular complexity index is 552. The summed E-state index contributed by atoms with van der Waals surface area (Å²) in [5, 5.41) is 11.0. The third kappa shape index (κ3) is 2.71. The highest BCUT2D eigenvalue weighted by atomic mass is 35.5. The Kier molecular flexibility index (Phi) is 3.69. The van der Waals surface area contributed by atoms with Gasteiger partial charge in [-0.2, -0.15) is 0 Å². The number of rotatable bonds is 3. The molecule has 0 amide bonds. The minimum Gasteiger partial charge on any atom is -0.385 e. The van der Waals surface area contributed by atoms with Crippen LogP contribution >= 0.6 is 11.6 Å². The summed E-state index contributed by atoms with van der Waals surface area (Å²) in [5.74, 6) is -0.315. The van der Waals surface area contributed by atoms with Crippen LogP contribution in [0.1, 0.15) is 18.1 Å². The van der Waals surface area contributed by atoms with Gasteiger partial charge in [0.2, 0.25) is 0 Å². The zero-order valence-corrected chi connectivity index (χ0v) is 10.8. The molecule has 0 spiro atoms. The number of hydrogen-bond acceptors (Lipinski definition) is 1. The van der Waals surface area contributed by atoms with Crippen LogP contribution in [-0.4, -0.2) is 5.11 Å². The van der Waals surface area contributed by atoms with Crippen LogP contribution < -0.4 is 0 Å². The van der Waals surface area contributed by atoms with E-state index in [-0.39, 0.29) is 12.2 Å². The maximum atomic E-state index is 13.6. The molecular weight excluding hydrogens is 251 g/mol. The molecule has 0 fully saturated rings. The molecule has 0 saturated heterocycles. The summed E-state index contributed by atoms with van der Waals surface area (Å²) in [4.78, 5) is 0. The SMILES string of the molecule is CC(O)(Cc1ccccc1F)c1ccccc1Cl. The van der Waals surface area contributed by atoms with Crippen LogP contribution in [0.2, 0.25) is 5.02 Å². The van der Waals surface area contributed by atoms with E-state index in [1.807, 2.05) is 0 Å². The monoisotopic (exact) mass is 264 g/mol. The fourth-order valence-corrected chi connectivity index (χ4v) is 2.35. The van der Waals surface area contributed by atoms with E-state index in [4.69, 9.17) is 11.6 Å². The summed E-state index contributed by atoms with van der Waals surface area (Å²) in [6, 6.07) is 13.5. The molecule has 0 saturated carbocycles. The quantitative estimate of drug-likeness (QED) is 0.891. The van der Waals surface area contributed by atoms with Crippen LogP contribution in [0.3, 0.4) is 0 Å². The predicted molar refractivity (Wildman–Crippen MR) is 71.1 cm³/mol. The summed E-state index contributed by atoms with van der Waals surface area (Å²) in [5.41, 5.74) is -0.113. The molecule has 0 aliphatic heterocycles. The number of halogens is 2. The molecule has 94 valence electrons. The Balaban J connectivity index is 2.33. The zero-order valence-electron chi connectivity index (χ0n) is 10.0. The third-order valence-corrected chi connectivity index (χ3v) is 3.28. The first-order valence-corrected chi connectivity index (χ1v) is 6.09. The topological polar surface area (TPSA) is 20.2 Å². The number of aliphatic hydroxyl groups is 1. The first-order chi connectivity index (χ1) is 8.50. The highest BCUT2D eigenvalue weighted by molar-refractivity contribution is 6.31. The second-order valence-corrected chi connectivity index (χ2v) is 4.93. The Morgan fingerprint density at radius 3 is 2.39 bits per heavy atom. The van der Waals surface area contributed by atoms with Crippen molar-refractivity contribution in [1.82, 2.24) is 0 Å². The largest absolute Gasteiger partial charge is 0.385 e. The molecule has 0 heterocycles. The summed E-state index contributed by atoms with van der Waals surface area (Å²) >= 11 is 6.06. The zero-order chi connectivity index (χ0) is 13.2. The fraction of sp³-hybridized carbons (Fsp3) is 0.200. The normalized spacial score (nSPS) is 14.2. The lowest BCUT2D eigenvalue weighted by Gasteiger charge is -2.25. The molecule has 2 aromatic carbocycles. The number of benzene rings is 2. The Labute approximate surface area is 111 Å². The minimum absolute atomic E-state index is 0.184. The van der Waals surface area contributed by atoms with E-state index in [9.17, 15) is 9.50 Å². The van der Waals surface area contributed by atoms with Gasteiger partial charge in [0.25, 0.3) is 0 Å². The molecular formula is C15H14ClFO. The molecule has 1 atom stereocenters. The van der Waals surface area contributed by atoms with Crippen LogP contribution in [0, 0.1) is 5.82 Å². The van der Waals surface area contributed by atoms with Crippen LogP contribution in [0.15, 0.2) is 48.5 Å². The van der Waals surface area contributed by atoms with Crippen molar-refractivity contribution in [3.63, 3.8) is 0 Å². The molecule has 0 aliphatic rings. The summed E-state index contributed by atoms with van der Waals surface area (Å²) < 4.78 is 13.6. The summed E-state index contributed by atoms with van der Waals surface area (Å²) in [7, 11) is 0. The Morgan fingerprint density at radius 1 is 1.11 bits per heavy atom. The maximum Gasteiger partial charge on any atom is 0.126 e. The van der Waals surface area contributed by atoms with Crippen LogP contribution in [0.25, 0.3) is 0 Å². The number of hydrogen-bond donors (Lipinski definition) is 1. The van der Waals surface area contributed by atoms with E-state index in [1.165, 1.54) is 6.07 Å². The maximum absolute atomic E-state index is 13.6. The molecule has 0 aromatic heterocycles. The van der Waals surface area contributed by atoms with Crippen molar-refractivity contribution in [3.05, 3.63) is 70.5 Å². The molecule has 1 unspecified atom stereocenters. The van der Waals surface area contributed by atoms with Crippen molar-refractivity contribution in [2.75, 3.05) is 0 Å². The second kappa shape index (κ2) is 5.09. The lowest BCUT2D eigenvalue weighted by atomic mass is 9.89. The predicted octanol–water partition coefficient (Wildman–Crippen LogP) is 3.93. The lowest BCUT2D eigenvalue weighted by molar-refractivity contribution is 0.0568. The highest BCUT2D eigenvalue weighted by Crippen LogP contribution is 2.31. The van der Waals surface area contributed by atoms with Crippen molar-refractivity contribution in [1.29, 1.82) is 0 Å². The van der Waals surface area contributed by atoms with Crippen molar-refractivity contribution in [2.45, 2.75) is 18.9 Å². The second-order valence-electron chi connectivity index (χ2n) is 4.52. The van der Waals surface area contributed by atoms with E-state index < -0.39 is 5.60 Å². The van der Waals surface area contributed by atoms with E-state index >= 15 is 0 Å². The van der Waals surface area contributed by atoms with Gasteiger partial charge in [0.1, 0.15) is 5.82 Å². The first-order valence-electron chi connectivity index (χ1n) is 5.71. The molecule has 1 nitrogen and oxygen atoms in total. The van der Waals surface area contributed by atoms with Crippen molar-refractivity contribution in [3.8, 4) is 0 Å². The lowest BCUT2D eigenvalue weighted by Crippen LogP contribution is -2.25. The molecule has 2 rings (SSSR count). The van der Waals surface area contributed by atoms with E-state index in [1.54, 1.807) is 49.4 Å². The molecule has 2 aromatic rings. The van der Waals surface area contributed by atoms with Gasteiger partial charge in [0.05, 0.1) is 5.60 Å². The van der Waals surface area contributed by atoms with Gasteiger partial charge < -0.3 is 5.11 Å². The van der Waals surface area contributed by atoms with Gasteiger partial charge in [-0.15, -0.1) is 0 Å². The van der Waals surface area contributed by atoms with Crippen molar-refractivity contribution in [2.24, 2.45) is 0 Å². The van der Waals surface area contributed by atoms with Gasteiger partial charge >= 0.3 is 0 Å². The molecule has 0 bridgehead atoms. The highest BCUT2D eigenvalue weighted by Gasteiger charge is 2.26. The van der Waals surface area contributed by atoms with Crippen LogP contribution in [0.5, 0.6) is 0 Å². The van der Waals surface area contributed by atoms with Gasteiger partial charge in [-0.25, -0.2) is 4.39 Å². The third-order valence-electron chi connectivity index (χ3n) is 2.95. The van der Waals surface area contributed by atoms with Gasteiger partial charge in [-0.3, -0.25) is 0 Å². The van der Waals surface area contributed by atoms with Crippen LogP contribution in [0.4, 0.5) is 4.39 Å². The average molecular weight is 265 g/mol. The van der Waals surface area contributed by atoms with E-state index in [0.29, 0.717) is 16.1 Å². The van der Waals surface area contributed by atoms with E-state index in [0.717, 1.165) is 0 Å². The van der Waals surface area contributed by atoms with Crippen LogP contribution in [-0.2, 0) is 12.0 Å². The van der Waals surface area contributed by atoms with E-state index in [2.05, 4.69) is 0 Å². The Hall–Kier alpha value is -1.38. The summed E-state index contributed by atoms with van der Waals surface area (Å²) in [6.45, 7) is 1.64. The van der Waals surface area contributed by atoms with Gasteiger partial charge in [-0.05, 0) is 24.6 Å². The van der Waals surface area contributed by atoms with Gasteiger partial charge in [0, 0.05) is 17.0 Å². The van der Waals surface area contributed by atoms with Crippen molar-refractivity contribution >= 4 is 11.6 Å². The fourth-order valence-electron chi connectivity index (χ4n) is 2.01.